The molecule has 0 bridgehead atoms. The van der Waals surface area contributed by atoms with Crippen LogP contribution < -0.4 is 4.90 Å². The number of benzene rings is 2. The maximum absolute atomic E-state index is 13.4. The van der Waals surface area contributed by atoms with Gasteiger partial charge in [0.25, 0.3) is 5.91 Å². The van der Waals surface area contributed by atoms with Gasteiger partial charge in [-0.15, -0.1) is 0 Å². The number of carbonyl (C=O) groups excluding carboxylic acids is 1. The van der Waals surface area contributed by atoms with Gasteiger partial charge in [0.05, 0.1) is 28.0 Å². The Morgan fingerprint density at radius 2 is 1.75 bits per heavy atom. The van der Waals surface area contributed by atoms with Gasteiger partial charge in [0.1, 0.15) is 11.9 Å². The standard InChI is InChI=1S/C30H27ClN6O3/c31-23-10-7-20(8-11-23)28-25(5-1-2-6-27(38)39)34-26-18-21(9-12-24(26)35-28)30(40)37-16-14-36(15-17-37)29-22(19-32)4-3-13-33-29/h3-4,7-13,18H,1-2,5-6,14-17H2,(H,38,39). The van der Waals surface area contributed by atoms with Crippen LogP contribution in [0.4, 0.5) is 5.82 Å². The zero-order valence-electron chi connectivity index (χ0n) is 21.8. The van der Waals surface area contributed by atoms with E-state index in [2.05, 4.69) is 11.1 Å². The average Bonchev–Trinajstić information content (AvgIpc) is 2.98. The SMILES string of the molecule is N#Cc1cccnc1N1CCN(C(=O)c2ccc3nc(-c4ccc(Cl)cc4)c(CCCCC(=O)O)nc3c2)CC1. The number of halogens is 1. The number of aliphatic carboxylic acids is 1. The van der Waals surface area contributed by atoms with E-state index >= 15 is 0 Å². The summed E-state index contributed by atoms with van der Waals surface area (Å²) in [6.45, 7) is 2.17. The van der Waals surface area contributed by atoms with Gasteiger partial charge in [0.2, 0.25) is 0 Å². The highest BCUT2D eigenvalue weighted by molar-refractivity contribution is 6.30. The lowest BCUT2D eigenvalue weighted by Crippen LogP contribution is -2.49. The van der Waals surface area contributed by atoms with Crippen LogP contribution in [0, 0.1) is 11.3 Å². The van der Waals surface area contributed by atoms with E-state index in [0.29, 0.717) is 78.4 Å². The van der Waals surface area contributed by atoms with Crippen molar-refractivity contribution in [1.82, 2.24) is 19.9 Å². The number of unbranched alkanes of at least 4 members (excludes halogenated alkanes) is 1. The summed E-state index contributed by atoms with van der Waals surface area (Å²) in [5, 5.41) is 19.0. The molecule has 0 radical (unpaired) electrons. The number of hydrogen-bond donors (Lipinski definition) is 1. The number of fused-ring (bicyclic) bond motifs is 1. The fourth-order valence-electron chi connectivity index (χ4n) is 4.85. The smallest absolute Gasteiger partial charge is 0.303 e. The van der Waals surface area contributed by atoms with Crippen LogP contribution in [0.15, 0.2) is 60.8 Å². The van der Waals surface area contributed by atoms with Crippen molar-refractivity contribution in [3.63, 3.8) is 0 Å². The van der Waals surface area contributed by atoms with Gasteiger partial charge in [-0.25, -0.2) is 15.0 Å². The summed E-state index contributed by atoms with van der Waals surface area (Å²) in [5.41, 5.74) is 4.68. The van der Waals surface area contributed by atoms with E-state index in [4.69, 9.17) is 26.7 Å². The first-order valence-corrected chi connectivity index (χ1v) is 13.5. The van der Waals surface area contributed by atoms with Gasteiger partial charge in [-0.1, -0.05) is 23.7 Å². The molecule has 1 fully saturated rings. The number of nitriles is 1. The molecule has 9 nitrogen and oxygen atoms in total. The first kappa shape index (κ1) is 27.0. The van der Waals surface area contributed by atoms with Crippen LogP contribution >= 0.6 is 11.6 Å². The van der Waals surface area contributed by atoms with Crippen LogP contribution in [0.3, 0.4) is 0 Å². The van der Waals surface area contributed by atoms with Gasteiger partial charge in [-0.3, -0.25) is 9.59 Å². The second-order valence-electron chi connectivity index (χ2n) is 9.60. The van der Waals surface area contributed by atoms with Gasteiger partial charge >= 0.3 is 5.97 Å². The molecule has 5 rings (SSSR count). The van der Waals surface area contributed by atoms with Crippen molar-refractivity contribution in [2.24, 2.45) is 0 Å². The molecule has 3 heterocycles. The Balaban J connectivity index is 1.37. The molecule has 0 aliphatic carbocycles. The Morgan fingerprint density at radius 3 is 2.48 bits per heavy atom. The number of carboxylic acids is 1. The highest BCUT2D eigenvalue weighted by Crippen LogP contribution is 2.27. The van der Waals surface area contributed by atoms with Crippen LogP contribution in [-0.2, 0) is 11.2 Å². The number of aromatic nitrogens is 3. The monoisotopic (exact) mass is 554 g/mol. The maximum atomic E-state index is 13.4. The molecule has 0 saturated carbocycles. The molecule has 0 spiro atoms. The summed E-state index contributed by atoms with van der Waals surface area (Å²) < 4.78 is 0. The van der Waals surface area contributed by atoms with Crippen LogP contribution in [0.25, 0.3) is 22.3 Å². The molecule has 1 aliphatic rings. The van der Waals surface area contributed by atoms with E-state index in [9.17, 15) is 14.9 Å². The van der Waals surface area contributed by atoms with Crippen LogP contribution in [0.1, 0.15) is 40.9 Å². The minimum absolute atomic E-state index is 0.0883. The average molecular weight is 555 g/mol. The number of rotatable bonds is 8. The summed E-state index contributed by atoms with van der Waals surface area (Å²) in [6.07, 6.45) is 3.52. The first-order chi connectivity index (χ1) is 19.4. The van der Waals surface area contributed by atoms with Crippen molar-refractivity contribution < 1.29 is 14.7 Å². The lowest BCUT2D eigenvalue weighted by atomic mass is 10.0. The zero-order valence-corrected chi connectivity index (χ0v) is 22.5. The number of hydrogen-bond acceptors (Lipinski definition) is 7. The van der Waals surface area contributed by atoms with Crippen molar-refractivity contribution in [3.05, 3.63) is 82.6 Å². The Labute approximate surface area is 236 Å². The predicted octanol–water partition coefficient (Wildman–Crippen LogP) is 4.98. The molecule has 10 heteroatoms. The summed E-state index contributed by atoms with van der Waals surface area (Å²) in [7, 11) is 0. The topological polar surface area (TPSA) is 123 Å². The maximum Gasteiger partial charge on any atom is 0.303 e. The molecular formula is C30H27ClN6O3. The second-order valence-corrected chi connectivity index (χ2v) is 10.0. The number of aryl methyl sites for hydroxylation is 1. The lowest BCUT2D eigenvalue weighted by Gasteiger charge is -2.35. The summed E-state index contributed by atoms with van der Waals surface area (Å²) in [5.74, 6) is -0.267. The van der Waals surface area contributed by atoms with Gasteiger partial charge in [-0.2, -0.15) is 5.26 Å². The summed E-state index contributed by atoms with van der Waals surface area (Å²) in [4.78, 5) is 42.3. The van der Waals surface area contributed by atoms with Crippen molar-refractivity contribution in [2.45, 2.75) is 25.7 Å². The minimum atomic E-state index is -0.822. The number of carboxylic acid groups (broad SMARTS) is 1. The van der Waals surface area contributed by atoms with Gasteiger partial charge in [-0.05, 0) is 61.7 Å². The minimum Gasteiger partial charge on any atom is -0.481 e. The Bertz CT molecular complexity index is 1590. The van der Waals surface area contributed by atoms with Gasteiger partial charge < -0.3 is 14.9 Å². The molecule has 4 aromatic rings. The van der Waals surface area contributed by atoms with Gasteiger partial charge in [0.15, 0.2) is 0 Å². The lowest BCUT2D eigenvalue weighted by molar-refractivity contribution is -0.137. The number of pyridine rings is 1. The number of nitrogens with zero attached hydrogens (tertiary/aromatic N) is 6. The van der Waals surface area contributed by atoms with Crippen molar-refractivity contribution in [3.8, 4) is 17.3 Å². The Hall–Kier alpha value is -4.55. The highest BCUT2D eigenvalue weighted by atomic mass is 35.5. The van der Waals surface area contributed by atoms with E-state index in [-0.39, 0.29) is 12.3 Å². The molecule has 2 aromatic heterocycles. The Kier molecular flexibility index (Phi) is 8.18. The van der Waals surface area contributed by atoms with Crippen LogP contribution in [0.2, 0.25) is 5.02 Å². The quantitative estimate of drug-likeness (QED) is 0.303. The molecule has 1 amide bonds. The largest absolute Gasteiger partial charge is 0.481 e. The third-order valence-electron chi connectivity index (χ3n) is 6.93. The molecular weight excluding hydrogens is 528 g/mol. The normalized spacial score (nSPS) is 13.3. The molecule has 1 saturated heterocycles. The zero-order chi connectivity index (χ0) is 28.1. The van der Waals surface area contributed by atoms with E-state index in [1.54, 1.807) is 47.5 Å². The van der Waals surface area contributed by atoms with E-state index < -0.39 is 5.97 Å². The molecule has 1 aliphatic heterocycles. The van der Waals surface area contributed by atoms with Crippen LogP contribution in [-0.4, -0.2) is 63.0 Å². The third kappa shape index (κ3) is 6.03. The van der Waals surface area contributed by atoms with Crippen molar-refractivity contribution >= 4 is 40.3 Å². The molecule has 2 aromatic carbocycles. The van der Waals surface area contributed by atoms with Crippen LogP contribution in [0.5, 0.6) is 0 Å². The second kappa shape index (κ2) is 12.1. The summed E-state index contributed by atoms with van der Waals surface area (Å²) in [6, 6.07) is 18.4. The third-order valence-corrected chi connectivity index (χ3v) is 7.18. The number of carbonyl (C=O) groups is 2. The first-order valence-electron chi connectivity index (χ1n) is 13.1. The van der Waals surface area contributed by atoms with E-state index in [0.717, 1.165) is 17.0 Å². The highest BCUT2D eigenvalue weighted by Gasteiger charge is 2.24. The number of amides is 1. The van der Waals surface area contributed by atoms with Gasteiger partial charge in [0, 0.05) is 54.9 Å². The molecule has 202 valence electrons. The predicted molar refractivity (Wildman–Crippen MR) is 152 cm³/mol. The van der Waals surface area contributed by atoms with Crippen molar-refractivity contribution in [1.29, 1.82) is 5.26 Å². The fraction of sp³-hybridized carbons (Fsp3) is 0.267. The molecule has 40 heavy (non-hydrogen) atoms. The van der Waals surface area contributed by atoms with Crippen molar-refractivity contribution in [2.75, 3.05) is 31.1 Å². The molecule has 1 N–H and O–H groups in total. The van der Waals surface area contributed by atoms with E-state index in [1.807, 2.05) is 23.1 Å². The fourth-order valence-corrected chi connectivity index (χ4v) is 4.97. The number of anilines is 1. The van der Waals surface area contributed by atoms with E-state index in [1.165, 1.54) is 0 Å². The molecule has 0 unspecified atom stereocenters. The Morgan fingerprint density at radius 1 is 0.975 bits per heavy atom. The summed E-state index contributed by atoms with van der Waals surface area (Å²) >= 11 is 6.08. The number of piperazine rings is 1. The molecule has 0 atom stereocenters.